The predicted molar refractivity (Wildman–Crippen MR) is 99.8 cm³/mol. The minimum atomic E-state index is -0.109. The van der Waals surface area contributed by atoms with Crippen LogP contribution < -0.4 is 0 Å². The highest BCUT2D eigenvalue weighted by molar-refractivity contribution is 9.10. The fourth-order valence-corrected chi connectivity index (χ4v) is 3.65. The van der Waals surface area contributed by atoms with E-state index in [-0.39, 0.29) is 11.9 Å². The summed E-state index contributed by atoms with van der Waals surface area (Å²) in [4.78, 5) is 13.2. The molecule has 0 amide bonds. The maximum Gasteiger partial charge on any atom is 0.309 e. The van der Waals surface area contributed by atoms with Gasteiger partial charge in [-0.1, -0.05) is 46.3 Å². The second kappa shape index (κ2) is 9.78. The highest BCUT2D eigenvalue weighted by atomic mass is 79.9. The summed E-state index contributed by atoms with van der Waals surface area (Å²) in [6.45, 7) is 0. The van der Waals surface area contributed by atoms with Crippen LogP contribution in [0.15, 0.2) is 64.0 Å². The molecule has 0 heterocycles. The Morgan fingerprint density at radius 2 is 1.83 bits per heavy atom. The third-order valence-electron chi connectivity index (χ3n) is 3.66. The lowest BCUT2D eigenvalue weighted by atomic mass is 10.0. The average molecular weight is 393 g/mol. The van der Waals surface area contributed by atoms with Crippen LogP contribution in [0.25, 0.3) is 0 Å². The van der Waals surface area contributed by atoms with Crippen molar-refractivity contribution in [2.75, 3.05) is 12.9 Å². The number of carbonyl (C=O) groups is 1. The number of benzene rings is 2. The summed E-state index contributed by atoms with van der Waals surface area (Å²) in [7, 11) is 1.47. The molecule has 0 aliphatic heterocycles. The van der Waals surface area contributed by atoms with Crippen molar-refractivity contribution in [1.29, 1.82) is 0 Å². The third kappa shape index (κ3) is 6.40. The van der Waals surface area contributed by atoms with Crippen LogP contribution in [0.3, 0.4) is 0 Å². The Kier molecular flexibility index (Phi) is 7.69. The number of thioether (sulfide) groups is 1. The second-order valence-electron chi connectivity index (χ2n) is 5.36. The molecule has 2 nitrogen and oxygen atoms in total. The highest BCUT2D eigenvalue weighted by Crippen LogP contribution is 2.25. The number of halogens is 1. The molecule has 0 saturated heterocycles. The zero-order chi connectivity index (χ0) is 16.5. The first-order chi connectivity index (χ1) is 11.2. The number of aryl methyl sites for hydroxylation is 1. The molecular weight excluding hydrogens is 372 g/mol. The normalized spacial score (nSPS) is 11.9. The molecular formula is C19H21BrO2S. The molecule has 0 spiro atoms. The van der Waals surface area contributed by atoms with Gasteiger partial charge in [-0.2, -0.15) is 0 Å². The number of methoxy groups -OCH3 is 1. The SMILES string of the molecule is COC(=O)C(CCCc1ccccc1)CSc1ccc(Br)cc1. The van der Waals surface area contributed by atoms with Crippen molar-refractivity contribution in [1.82, 2.24) is 0 Å². The van der Waals surface area contributed by atoms with Crippen LogP contribution in [-0.4, -0.2) is 18.8 Å². The van der Waals surface area contributed by atoms with E-state index in [1.807, 2.05) is 18.2 Å². The van der Waals surface area contributed by atoms with Gasteiger partial charge in [0, 0.05) is 15.1 Å². The third-order valence-corrected chi connectivity index (χ3v) is 5.36. The van der Waals surface area contributed by atoms with Crippen LogP contribution in [-0.2, 0) is 16.0 Å². The molecule has 2 aromatic carbocycles. The molecule has 122 valence electrons. The van der Waals surface area contributed by atoms with Crippen molar-refractivity contribution in [2.45, 2.75) is 24.2 Å². The Morgan fingerprint density at radius 1 is 1.13 bits per heavy atom. The fraction of sp³-hybridized carbons (Fsp3) is 0.316. The predicted octanol–water partition coefficient (Wildman–Crippen LogP) is 5.35. The van der Waals surface area contributed by atoms with Gasteiger partial charge in [-0.15, -0.1) is 11.8 Å². The van der Waals surface area contributed by atoms with Gasteiger partial charge in [0.1, 0.15) is 0 Å². The fourth-order valence-electron chi connectivity index (χ4n) is 2.36. The van der Waals surface area contributed by atoms with Gasteiger partial charge in [-0.3, -0.25) is 4.79 Å². The molecule has 0 bridgehead atoms. The lowest BCUT2D eigenvalue weighted by molar-refractivity contribution is -0.144. The van der Waals surface area contributed by atoms with Crippen molar-refractivity contribution < 1.29 is 9.53 Å². The Bertz CT molecular complexity index is 599. The largest absolute Gasteiger partial charge is 0.469 e. The maximum atomic E-state index is 12.0. The molecule has 1 unspecified atom stereocenters. The summed E-state index contributed by atoms with van der Waals surface area (Å²) < 4.78 is 6.03. The lowest BCUT2D eigenvalue weighted by Crippen LogP contribution is -2.19. The first-order valence-corrected chi connectivity index (χ1v) is 9.47. The van der Waals surface area contributed by atoms with E-state index in [2.05, 4.69) is 52.3 Å². The van der Waals surface area contributed by atoms with Crippen molar-refractivity contribution in [3.05, 3.63) is 64.6 Å². The van der Waals surface area contributed by atoms with Crippen LogP contribution in [0.2, 0.25) is 0 Å². The van der Waals surface area contributed by atoms with Crippen molar-refractivity contribution >= 4 is 33.7 Å². The Morgan fingerprint density at radius 3 is 2.48 bits per heavy atom. The van der Waals surface area contributed by atoms with Crippen molar-refractivity contribution in [3.8, 4) is 0 Å². The van der Waals surface area contributed by atoms with Gasteiger partial charge in [-0.25, -0.2) is 0 Å². The standard InChI is InChI=1S/C19H21BrO2S/c1-22-19(21)16(9-5-8-15-6-3-2-4-7-15)14-23-18-12-10-17(20)11-13-18/h2-4,6-7,10-13,16H,5,8-9,14H2,1H3. The van der Waals surface area contributed by atoms with E-state index < -0.39 is 0 Å². The van der Waals surface area contributed by atoms with Crippen molar-refractivity contribution in [2.24, 2.45) is 5.92 Å². The Hall–Kier alpha value is -1.26. The summed E-state index contributed by atoms with van der Waals surface area (Å²) in [6, 6.07) is 18.5. The van der Waals surface area contributed by atoms with Gasteiger partial charge in [0.25, 0.3) is 0 Å². The van der Waals surface area contributed by atoms with E-state index in [0.29, 0.717) is 0 Å². The molecule has 0 aliphatic rings. The number of hydrogen-bond acceptors (Lipinski definition) is 3. The van der Waals surface area contributed by atoms with Crippen LogP contribution in [0.5, 0.6) is 0 Å². The van der Waals surface area contributed by atoms with Gasteiger partial charge in [0.2, 0.25) is 0 Å². The van der Waals surface area contributed by atoms with Crippen LogP contribution in [0, 0.1) is 5.92 Å². The van der Waals surface area contributed by atoms with E-state index in [0.717, 1.165) is 29.5 Å². The monoisotopic (exact) mass is 392 g/mol. The first kappa shape index (κ1) is 18.1. The average Bonchev–Trinajstić information content (AvgIpc) is 2.59. The summed E-state index contributed by atoms with van der Waals surface area (Å²) in [5.74, 6) is 0.586. The van der Waals surface area contributed by atoms with Gasteiger partial charge in [0.05, 0.1) is 13.0 Å². The van der Waals surface area contributed by atoms with Gasteiger partial charge in [0.15, 0.2) is 0 Å². The topological polar surface area (TPSA) is 26.3 Å². The van der Waals surface area contributed by atoms with Crippen LogP contribution in [0.1, 0.15) is 18.4 Å². The molecule has 0 fully saturated rings. The van der Waals surface area contributed by atoms with Gasteiger partial charge < -0.3 is 4.74 Å². The number of carbonyl (C=O) groups excluding carboxylic acids is 1. The minimum Gasteiger partial charge on any atom is -0.469 e. The molecule has 2 rings (SSSR count). The number of esters is 1. The summed E-state index contributed by atoms with van der Waals surface area (Å²) >= 11 is 5.14. The smallest absolute Gasteiger partial charge is 0.309 e. The van der Waals surface area contributed by atoms with E-state index in [1.165, 1.54) is 17.6 Å². The highest BCUT2D eigenvalue weighted by Gasteiger charge is 2.19. The maximum absolute atomic E-state index is 12.0. The molecule has 0 aliphatic carbocycles. The van der Waals surface area contributed by atoms with Gasteiger partial charge in [-0.05, 0) is 49.1 Å². The zero-order valence-corrected chi connectivity index (χ0v) is 15.6. The quantitative estimate of drug-likeness (QED) is 0.447. The summed E-state index contributed by atoms with van der Waals surface area (Å²) in [5, 5.41) is 0. The minimum absolute atomic E-state index is 0.0580. The summed E-state index contributed by atoms with van der Waals surface area (Å²) in [5.41, 5.74) is 1.32. The lowest BCUT2D eigenvalue weighted by Gasteiger charge is -2.14. The molecule has 0 saturated carbocycles. The molecule has 0 radical (unpaired) electrons. The van der Waals surface area contributed by atoms with E-state index in [4.69, 9.17) is 4.74 Å². The van der Waals surface area contributed by atoms with Crippen molar-refractivity contribution in [3.63, 3.8) is 0 Å². The molecule has 1 atom stereocenters. The van der Waals surface area contributed by atoms with E-state index in [1.54, 1.807) is 11.8 Å². The van der Waals surface area contributed by atoms with Gasteiger partial charge >= 0.3 is 5.97 Å². The number of ether oxygens (including phenoxy) is 1. The Labute approximate surface area is 150 Å². The van der Waals surface area contributed by atoms with E-state index >= 15 is 0 Å². The second-order valence-corrected chi connectivity index (χ2v) is 7.37. The van der Waals surface area contributed by atoms with E-state index in [9.17, 15) is 4.79 Å². The zero-order valence-electron chi connectivity index (χ0n) is 13.2. The molecule has 0 N–H and O–H groups in total. The first-order valence-electron chi connectivity index (χ1n) is 7.69. The number of rotatable bonds is 8. The Balaban J connectivity index is 1.84. The van der Waals surface area contributed by atoms with Crippen LogP contribution >= 0.6 is 27.7 Å². The van der Waals surface area contributed by atoms with Crippen LogP contribution in [0.4, 0.5) is 0 Å². The molecule has 23 heavy (non-hydrogen) atoms. The number of hydrogen-bond donors (Lipinski definition) is 0. The molecule has 0 aromatic heterocycles. The molecule has 4 heteroatoms. The summed E-state index contributed by atoms with van der Waals surface area (Å²) in [6.07, 6.45) is 2.84. The molecule has 2 aromatic rings.